The number of nitrogens with zero attached hydrogens (tertiary/aromatic N) is 1. The molecule has 0 heterocycles. The van der Waals surface area contributed by atoms with E-state index in [9.17, 15) is 44.3 Å². The lowest BCUT2D eigenvalue weighted by molar-refractivity contribution is -0.143. The van der Waals surface area contributed by atoms with E-state index < -0.39 is 59.2 Å². The Kier molecular flexibility index (Phi) is 6.60. The fourth-order valence-corrected chi connectivity index (χ4v) is 1.85. The minimum atomic E-state index is -5.50. The molecule has 28 heavy (non-hydrogen) atoms. The van der Waals surface area contributed by atoms with E-state index in [4.69, 9.17) is 5.26 Å². The number of esters is 1. The average molecular weight is 420 g/mol. The van der Waals surface area contributed by atoms with Gasteiger partial charge in [-0.2, -0.15) is 44.8 Å². The molecule has 13 heteroatoms. The van der Waals surface area contributed by atoms with Crippen LogP contribution >= 0.6 is 0 Å². The fraction of sp³-hybridized carbons (Fsp3) is 0.333. The van der Waals surface area contributed by atoms with Gasteiger partial charge in [0, 0.05) is 5.69 Å². The lowest BCUT2D eigenvalue weighted by Gasteiger charge is -2.19. The summed E-state index contributed by atoms with van der Waals surface area (Å²) in [5.74, 6) is -1.76. The van der Waals surface area contributed by atoms with Gasteiger partial charge in [-0.25, -0.2) is 4.79 Å². The first kappa shape index (κ1) is 23.1. The van der Waals surface area contributed by atoms with Crippen molar-refractivity contribution in [1.29, 1.82) is 5.26 Å². The number of nitrogens with one attached hydrogen (secondary N) is 1. The van der Waals surface area contributed by atoms with E-state index in [1.54, 1.807) is 0 Å². The Morgan fingerprint density at radius 3 is 1.79 bits per heavy atom. The molecule has 0 aliphatic heterocycles. The van der Waals surface area contributed by atoms with Crippen LogP contribution < -0.4 is 5.32 Å². The van der Waals surface area contributed by atoms with Crippen LogP contribution in [0.25, 0.3) is 0 Å². The largest absolute Gasteiger partial charge is 0.462 e. The van der Waals surface area contributed by atoms with Gasteiger partial charge < -0.3 is 10.1 Å². The van der Waals surface area contributed by atoms with Crippen LogP contribution in [-0.4, -0.2) is 18.8 Å². The first-order chi connectivity index (χ1) is 12.6. The number of hydrogen-bond donors (Lipinski definition) is 1. The van der Waals surface area contributed by atoms with Crippen LogP contribution in [0.3, 0.4) is 0 Å². The van der Waals surface area contributed by atoms with Crippen molar-refractivity contribution in [2.45, 2.75) is 25.5 Å². The normalized spacial score (nSPS) is 13.5. The summed E-state index contributed by atoms with van der Waals surface area (Å²) in [6.07, 6.45) is -16.1. The molecule has 0 saturated carbocycles. The molecule has 0 atom stereocenters. The van der Waals surface area contributed by atoms with E-state index in [2.05, 4.69) is 4.74 Å². The van der Waals surface area contributed by atoms with E-state index in [0.717, 1.165) is 6.07 Å². The van der Waals surface area contributed by atoms with Crippen molar-refractivity contribution < 1.29 is 49.0 Å². The number of halogens is 9. The summed E-state index contributed by atoms with van der Waals surface area (Å²) in [6.45, 7) is 0.771. The molecule has 0 aliphatic carbocycles. The third-order valence-corrected chi connectivity index (χ3v) is 2.98. The summed E-state index contributed by atoms with van der Waals surface area (Å²) < 4.78 is 121. The Balaban J connectivity index is 3.64. The van der Waals surface area contributed by atoms with Crippen LogP contribution in [0.2, 0.25) is 0 Å². The molecule has 0 spiro atoms. The van der Waals surface area contributed by atoms with E-state index in [1.807, 2.05) is 0 Å². The number of carbonyl (C=O) groups is 1. The van der Waals surface area contributed by atoms with E-state index in [0.29, 0.717) is 0 Å². The van der Waals surface area contributed by atoms with Crippen LogP contribution in [0, 0.1) is 11.3 Å². The molecule has 1 N–H and O–H groups in total. The second kappa shape index (κ2) is 7.99. The number of rotatable bonds is 4. The Labute approximate surface area is 151 Å². The monoisotopic (exact) mass is 420 g/mol. The predicted molar refractivity (Wildman–Crippen MR) is 75.4 cm³/mol. The number of allylic oxidation sites excluding steroid dienone is 1. The maximum Gasteiger partial charge on any atom is 0.432 e. The number of alkyl halides is 9. The highest BCUT2D eigenvalue weighted by Crippen LogP contribution is 2.39. The summed E-state index contributed by atoms with van der Waals surface area (Å²) >= 11 is 0. The third-order valence-electron chi connectivity index (χ3n) is 2.98. The van der Waals surface area contributed by atoms with Crippen molar-refractivity contribution in [3.05, 3.63) is 40.6 Å². The Morgan fingerprint density at radius 2 is 1.46 bits per heavy atom. The number of nitriles is 1. The summed E-state index contributed by atoms with van der Waals surface area (Å²) in [4.78, 5) is 11.5. The molecule has 1 aromatic rings. The number of anilines is 1. The van der Waals surface area contributed by atoms with Gasteiger partial charge in [-0.05, 0) is 25.1 Å². The van der Waals surface area contributed by atoms with Crippen molar-refractivity contribution >= 4 is 11.7 Å². The Hall–Kier alpha value is -2.91. The van der Waals surface area contributed by atoms with Gasteiger partial charge in [-0.15, -0.1) is 0 Å². The van der Waals surface area contributed by atoms with E-state index >= 15 is 0 Å². The zero-order valence-electron chi connectivity index (χ0n) is 13.6. The first-order valence-corrected chi connectivity index (χ1v) is 7.06. The lowest BCUT2D eigenvalue weighted by Crippen LogP contribution is -2.25. The number of benzene rings is 1. The molecule has 4 nitrogen and oxygen atoms in total. The zero-order valence-corrected chi connectivity index (χ0v) is 13.6. The molecule has 154 valence electrons. The molecule has 0 aromatic heterocycles. The van der Waals surface area contributed by atoms with Crippen molar-refractivity contribution in [2.75, 3.05) is 11.9 Å². The molecule has 0 fully saturated rings. The van der Waals surface area contributed by atoms with Gasteiger partial charge in [0.2, 0.25) is 0 Å². The van der Waals surface area contributed by atoms with Crippen molar-refractivity contribution in [1.82, 2.24) is 0 Å². The molecule has 0 unspecified atom stereocenters. The Morgan fingerprint density at radius 1 is 1.00 bits per heavy atom. The van der Waals surface area contributed by atoms with Crippen molar-refractivity contribution in [3.8, 4) is 6.07 Å². The van der Waals surface area contributed by atoms with Gasteiger partial charge in [0.25, 0.3) is 0 Å². The summed E-state index contributed by atoms with van der Waals surface area (Å²) in [6, 6.07) is 0.535. The van der Waals surface area contributed by atoms with Crippen molar-refractivity contribution in [2.24, 2.45) is 0 Å². The molecule has 1 aromatic carbocycles. The van der Waals surface area contributed by atoms with Gasteiger partial charge in [0.15, 0.2) is 5.57 Å². The van der Waals surface area contributed by atoms with Gasteiger partial charge in [-0.1, -0.05) is 0 Å². The number of carbonyl (C=O) groups excluding carboxylic acids is 1. The van der Waals surface area contributed by atoms with Gasteiger partial charge in [0.05, 0.1) is 17.7 Å². The smallest absolute Gasteiger partial charge is 0.432 e. The Bertz CT molecular complexity index is 783. The number of ether oxygens (including phenoxy) is 1. The quantitative estimate of drug-likeness (QED) is 0.321. The fourth-order valence-electron chi connectivity index (χ4n) is 1.85. The van der Waals surface area contributed by atoms with Gasteiger partial charge >= 0.3 is 24.5 Å². The molecule has 0 amide bonds. The molecule has 1 rings (SSSR count). The second-order valence-electron chi connectivity index (χ2n) is 5.00. The highest BCUT2D eigenvalue weighted by atomic mass is 19.4. The van der Waals surface area contributed by atoms with Crippen molar-refractivity contribution in [3.63, 3.8) is 0 Å². The zero-order chi connectivity index (χ0) is 21.9. The topological polar surface area (TPSA) is 62.1 Å². The van der Waals surface area contributed by atoms with Crippen LogP contribution in [-0.2, 0) is 21.9 Å². The lowest BCUT2D eigenvalue weighted by atomic mass is 10.1. The molecular formula is C15H9F9N2O2. The van der Waals surface area contributed by atoms with Crippen LogP contribution in [0.1, 0.15) is 18.1 Å². The van der Waals surface area contributed by atoms with Gasteiger partial charge in [-0.3, -0.25) is 0 Å². The van der Waals surface area contributed by atoms with Crippen LogP contribution in [0.15, 0.2) is 29.5 Å². The molecule has 0 saturated heterocycles. The maximum absolute atomic E-state index is 13.2. The van der Waals surface area contributed by atoms with Gasteiger partial charge in [0.1, 0.15) is 11.8 Å². The van der Waals surface area contributed by atoms with E-state index in [1.165, 1.54) is 12.2 Å². The molecule has 0 bridgehead atoms. The first-order valence-electron chi connectivity index (χ1n) is 7.06. The molecule has 0 aliphatic rings. The van der Waals surface area contributed by atoms with Crippen LogP contribution in [0.4, 0.5) is 45.2 Å². The maximum atomic E-state index is 13.2. The van der Waals surface area contributed by atoms with E-state index in [-0.39, 0.29) is 18.2 Å². The summed E-state index contributed by atoms with van der Waals surface area (Å²) in [5.41, 5.74) is -8.89. The number of hydrogen-bond acceptors (Lipinski definition) is 4. The minimum Gasteiger partial charge on any atom is -0.462 e. The second-order valence-corrected chi connectivity index (χ2v) is 5.00. The molecular weight excluding hydrogens is 411 g/mol. The predicted octanol–water partition coefficient (Wildman–Crippen LogP) is 5.04. The summed E-state index contributed by atoms with van der Waals surface area (Å²) in [7, 11) is 0. The SMILES string of the molecule is CCOC(=O)C(C#N)=C(Nc1cc(C(F)(F)F)cc(C(F)(F)F)c1)C(F)(F)F. The third kappa shape index (κ3) is 5.80. The highest BCUT2D eigenvalue weighted by Gasteiger charge is 2.41. The standard InChI is InChI=1S/C15H9F9N2O2/c1-2-28-12(27)10(6-25)11(15(22,23)24)26-9-4-7(13(16,17)18)3-8(5-9)14(19,20)21/h3-5,26H,2H2,1H3. The minimum absolute atomic E-state index is 0.0267. The van der Waals surface area contributed by atoms with Crippen LogP contribution in [0.5, 0.6) is 0 Å². The molecule has 0 radical (unpaired) electrons. The highest BCUT2D eigenvalue weighted by molar-refractivity contribution is 5.94. The summed E-state index contributed by atoms with van der Waals surface area (Å²) in [5, 5.41) is 10.1. The average Bonchev–Trinajstić information content (AvgIpc) is 2.52.